The van der Waals surface area contributed by atoms with Crippen molar-refractivity contribution in [2.75, 3.05) is 31.8 Å². The Morgan fingerprint density at radius 3 is 2.57 bits per heavy atom. The van der Waals surface area contributed by atoms with Crippen molar-refractivity contribution >= 4 is 22.3 Å². The summed E-state index contributed by atoms with van der Waals surface area (Å²) >= 11 is 0. The molecule has 10 heteroatoms. The number of H-pyrrole nitrogens is 1. The summed E-state index contributed by atoms with van der Waals surface area (Å²) in [7, 11) is 2.93. The van der Waals surface area contributed by atoms with E-state index in [1.807, 2.05) is 12.3 Å². The van der Waals surface area contributed by atoms with Crippen molar-refractivity contribution in [1.29, 1.82) is 0 Å². The molecule has 4 aromatic rings. The number of methoxy groups -OCH3 is 2. The van der Waals surface area contributed by atoms with E-state index in [0.29, 0.717) is 40.7 Å². The van der Waals surface area contributed by atoms with Crippen LogP contribution in [-0.4, -0.2) is 30.7 Å². The fourth-order valence-electron chi connectivity index (χ4n) is 4.15. The topological polar surface area (TPSA) is 94.4 Å². The van der Waals surface area contributed by atoms with Gasteiger partial charge in [-0.3, -0.25) is 0 Å². The highest BCUT2D eigenvalue weighted by molar-refractivity contribution is 6.04. The number of nitrogens with zero attached hydrogens (tertiary/aromatic N) is 1. The van der Waals surface area contributed by atoms with Gasteiger partial charge in [0.25, 0.3) is 0 Å². The Bertz CT molecular complexity index is 1360. The fourth-order valence-corrected chi connectivity index (χ4v) is 4.15. The van der Waals surface area contributed by atoms with Crippen molar-refractivity contribution in [3.05, 3.63) is 66.0 Å². The van der Waals surface area contributed by atoms with Crippen molar-refractivity contribution in [2.45, 2.75) is 31.9 Å². The van der Waals surface area contributed by atoms with E-state index in [0.717, 1.165) is 25.0 Å². The lowest BCUT2D eigenvalue weighted by Crippen LogP contribution is -2.07. The average molecular weight is 515 g/mol. The van der Waals surface area contributed by atoms with E-state index >= 15 is 0 Å². The molecular weight excluding hydrogens is 485 g/mol. The zero-order valence-corrected chi connectivity index (χ0v) is 20.8. The van der Waals surface area contributed by atoms with Gasteiger partial charge in [0, 0.05) is 30.6 Å². The summed E-state index contributed by atoms with van der Waals surface area (Å²) in [5, 5.41) is 3.80. The number of nitrogens with one attached hydrogen (secondary N) is 2. The number of hydrogen-bond acceptors (Lipinski definition) is 6. The van der Waals surface area contributed by atoms with Crippen LogP contribution in [0.4, 0.5) is 24.5 Å². The van der Waals surface area contributed by atoms with E-state index in [1.54, 1.807) is 6.07 Å². The van der Waals surface area contributed by atoms with Crippen LogP contribution < -0.4 is 25.3 Å². The van der Waals surface area contributed by atoms with Gasteiger partial charge in [-0.1, -0.05) is 13.0 Å². The highest BCUT2D eigenvalue weighted by Crippen LogP contribution is 2.46. The first-order chi connectivity index (χ1) is 17.7. The van der Waals surface area contributed by atoms with Gasteiger partial charge in [0.05, 0.1) is 36.5 Å². The molecule has 0 aliphatic heterocycles. The van der Waals surface area contributed by atoms with Crippen LogP contribution in [0, 0.1) is 0 Å². The molecule has 0 bridgehead atoms. The molecule has 0 aliphatic carbocycles. The number of aromatic amines is 1. The quantitative estimate of drug-likeness (QED) is 0.198. The Hall–Kier alpha value is -4.08. The van der Waals surface area contributed by atoms with Gasteiger partial charge in [0.1, 0.15) is 11.3 Å². The summed E-state index contributed by atoms with van der Waals surface area (Å²) in [6.45, 7) is 2.81. The molecule has 2 aromatic carbocycles. The second-order valence-corrected chi connectivity index (χ2v) is 8.66. The van der Waals surface area contributed by atoms with Gasteiger partial charge in [-0.15, -0.1) is 0 Å². The lowest BCUT2D eigenvalue weighted by atomic mass is 10.0. The number of pyridine rings is 1. The van der Waals surface area contributed by atoms with Gasteiger partial charge in [-0.25, -0.2) is 4.98 Å². The van der Waals surface area contributed by atoms with Gasteiger partial charge < -0.3 is 30.2 Å². The van der Waals surface area contributed by atoms with E-state index in [1.165, 1.54) is 38.1 Å². The van der Waals surface area contributed by atoms with Crippen LogP contribution in [0.5, 0.6) is 23.1 Å². The predicted molar refractivity (Wildman–Crippen MR) is 138 cm³/mol. The van der Waals surface area contributed by atoms with Crippen LogP contribution in [0.15, 0.2) is 54.7 Å². The van der Waals surface area contributed by atoms with Gasteiger partial charge in [-0.2, -0.15) is 13.2 Å². The molecule has 37 heavy (non-hydrogen) atoms. The number of nitrogens with two attached hydrogens (primary N) is 1. The molecule has 196 valence electrons. The second kappa shape index (κ2) is 10.9. The molecule has 0 radical (unpaired) electrons. The molecule has 0 saturated carbocycles. The number of benzene rings is 2. The SMILES string of the molecule is COc1cc(N)c2c(Oc3cccc(C(F)(F)F)c3)c(OC)cc(NCCCC(C)c3ccc[nH]3)c2n1. The van der Waals surface area contributed by atoms with Crippen LogP contribution in [0.1, 0.15) is 36.9 Å². The molecule has 0 saturated heterocycles. The third-order valence-electron chi connectivity index (χ3n) is 6.10. The molecule has 0 amide bonds. The molecule has 4 rings (SSSR count). The van der Waals surface area contributed by atoms with Crippen molar-refractivity contribution < 1.29 is 27.4 Å². The summed E-state index contributed by atoms with van der Waals surface area (Å²) < 4.78 is 56.6. The first-order valence-corrected chi connectivity index (χ1v) is 11.8. The van der Waals surface area contributed by atoms with Gasteiger partial charge in [-0.05, 0) is 49.1 Å². The van der Waals surface area contributed by atoms with E-state index in [2.05, 4.69) is 28.3 Å². The van der Waals surface area contributed by atoms with Gasteiger partial charge >= 0.3 is 6.18 Å². The minimum atomic E-state index is -4.51. The monoisotopic (exact) mass is 514 g/mol. The number of anilines is 2. The third-order valence-corrected chi connectivity index (χ3v) is 6.10. The molecule has 7 nitrogen and oxygen atoms in total. The lowest BCUT2D eigenvalue weighted by Gasteiger charge is -2.19. The first kappa shape index (κ1) is 26.0. The highest BCUT2D eigenvalue weighted by atomic mass is 19.4. The molecule has 1 atom stereocenters. The Kier molecular flexibility index (Phi) is 7.66. The minimum absolute atomic E-state index is 0.0105. The van der Waals surface area contributed by atoms with E-state index < -0.39 is 11.7 Å². The highest BCUT2D eigenvalue weighted by Gasteiger charge is 2.31. The smallest absolute Gasteiger partial charge is 0.416 e. The summed E-state index contributed by atoms with van der Waals surface area (Å²) in [4.78, 5) is 7.80. The summed E-state index contributed by atoms with van der Waals surface area (Å²) in [5.74, 6) is 1.12. The number of aromatic nitrogens is 2. The number of halogens is 3. The number of rotatable bonds is 10. The molecule has 2 heterocycles. The second-order valence-electron chi connectivity index (χ2n) is 8.66. The van der Waals surface area contributed by atoms with Crippen LogP contribution >= 0.6 is 0 Å². The predicted octanol–water partition coefficient (Wildman–Crippen LogP) is 6.97. The molecular formula is C27H29F3N4O3. The normalized spacial score (nSPS) is 12.4. The fraction of sp³-hybridized carbons (Fsp3) is 0.296. The maximum absolute atomic E-state index is 13.2. The van der Waals surface area contributed by atoms with Crippen molar-refractivity contribution in [3.8, 4) is 23.1 Å². The molecule has 0 spiro atoms. The molecule has 4 N–H and O–H groups in total. The third kappa shape index (κ3) is 5.84. The maximum Gasteiger partial charge on any atom is 0.416 e. The van der Waals surface area contributed by atoms with Crippen molar-refractivity contribution in [1.82, 2.24) is 9.97 Å². The largest absolute Gasteiger partial charge is 0.493 e. The lowest BCUT2D eigenvalue weighted by molar-refractivity contribution is -0.137. The molecule has 0 fully saturated rings. The van der Waals surface area contributed by atoms with E-state index in [9.17, 15) is 13.2 Å². The first-order valence-electron chi connectivity index (χ1n) is 11.8. The zero-order chi connectivity index (χ0) is 26.6. The summed E-state index contributed by atoms with van der Waals surface area (Å²) in [6, 6.07) is 11.9. The molecule has 2 aromatic heterocycles. The number of nitrogen functional groups attached to an aromatic ring is 1. The average Bonchev–Trinajstić information content (AvgIpc) is 3.42. The Morgan fingerprint density at radius 1 is 1.08 bits per heavy atom. The van der Waals surface area contributed by atoms with Crippen LogP contribution in [0.3, 0.4) is 0 Å². The van der Waals surface area contributed by atoms with Gasteiger partial charge in [0.15, 0.2) is 11.5 Å². The van der Waals surface area contributed by atoms with Crippen LogP contribution in [-0.2, 0) is 6.18 Å². The number of alkyl halides is 3. The number of hydrogen-bond donors (Lipinski definition) is 3. The summed E-state index contributed by atoms with van der Waals surface area (Å²) in [5.41, 5.74) is 8.10. The van der Waals surface area contributed by atoms with Crippen molar-refractivity contribution in [2.24, 2.45) is 0 Å². The van der Waals surface area contributed by atoms with E-state index in [-0.39, 0.29) is 17.2 Å². The standard InChI is InChI=1S/C27H29F3N4O3/c1-16(20-10-6-12-32-20)7-5-11-33-21-15-22(35-2)26(24-19(31)14-23(36-3)34-25(21)24)37-18-9-4-8-17(13-18)27(28,29)30/h4,6,8-10,12-16,32-33H,5,7,11H2,1-3H3,(H2,31,34). The Morgan fingerprint density at radius 2 is 1.89 bits per heavy atom. The molecule has 0 aliphatic rings. The van der Waals surface area contributed by atoms with Crippen LogP contribution in [0.25, 0.3) is 10.9 Å². The maximum atomic E-state index is 13.2. The number of fused-ring (bicyclic) bond motifs is 1. The van der Waals surface area contributed by atoms with Gasteiger partial charge in [0.2, 0.25) is 5.88 Å². The Balaban J connectivity index is 1.67. The van der Waals surface area contributed by atoms with Crippen LogP contribution in [0.2, 0.25) is 0 Å². The molecule has 1 unspecified atom stereocenters. The number of ether oxygens (including phenoxy) is 3. The minimum Gasteiger partial charge on any atom is -0.493 e. The Labute approximate surface area is 212 Å². The summed E-state index contributed by atoms with van der Waals surface area (Å²) in [6.07, 6.45) is -0.759. The van der Waals surface area contributed by atoms with Crippen molar-refractivity contribution in [3.63, 3.8) is 0 Å². The zero-order valence-electron chi connectivity index (χ0n) is 20.8. The van der Waals surface area contributed by atoms with E-state index in [4.69, 9.17) is 19.9 Å².